The van der Waals surface area contributed by atoms with Crippen molar-refractivity contribution in [2.24, 2.45) is 10.9 Å². The Bertz CT molecular complexity index is 692. The van der Waals surface area contributed by atoms with Gasteiger partial charge in [-0.15, -0.1) is 11.3 Å². The van der Waals surface area contributed by atoms with Gasteiger partial charge in [-0.3, -0.25) is 4.99 Å². The number of guanidine groups is 1. The maximum absolute atomic E-state index is 12.6. The quantitative estimate of drug-likeness (QED) is 0.568. The smallest absolute Gasteiger partial charge is 0.252 e. The summed E-state index contributed by atoms with van der Waals surface area (Å²) in [6.45, 7) is 3.27. The molecule has 1 aliphatic heterocycles. The number of nitrogens with one attached hydrogen (secondary N) is 2. The van der Waals surface area contributed by atoms with Gasteiger partial charge in [-0.1, -0.05) is 6.42 Å². The molecule has 0 radical (unpaired) electrons. The molecule has 0 bridgehead atoms. The molecule has 0 atom stereocenters. The van der Waals surface area contributed by atoms with E-state index < -0.39 is 10.0 Å². The third-order valence-electron chi connectivity index (χ3n) is 4.64. The molecule has 1 saturated heterocycles. The van der Waals surface area contributed by atoms with Crippen molar-refractivity contribution in [1.29, 1.82) is 0 Å². The number of hydrogen-bond acceptors (Lipinski definition) is 5. The fourth-order valence-electron chi connectivity index (χ4n) is 2.84. The second kappa shape index (κ2) is 8.48. The maximum atomic E-state index is 12.6. The average Bonchev–Trinajstić information content (AvgIpc) is 3.07. The SMILES string of the molecule is CN=C(NCc1ccc(S(=O)(=O)N2CCOCC2)s1)NCC1CCC1. The number of aliphatic imine (C=N–C) groups is 1. The van der Waals surface area contributed by atoms with Crippen LogP contribution in [-0.2, 0) is 21.3 Å². The monoisotopic (exact) mass is 386 g/mol. The maximum Gasteiger partial charge on any atom is 0.252 e. The molecule has 0 unspecified atom stereocenters. The Hall–Kier alpha value is -1.16. The van der Waals surface area contributed by atoms with E-state index in [1.54, 1.807) is 13.1 Å². The summed E-state index contributed by atoms with van der Waals surface area (Å²) in [5.74, 6) is 1.52. The molecular formula is C16H26N4O3S2. The molecular weight excluding hydrogens is 360 g/mol. The Morgan fingerprint density at radius 3 is 2.72 bits per heavy atom. The summed E-state index contributed by atoms with van der Waals surface area (Å²) in [4.78, 5) is 5.19. The van der Waals surface area contributed by atoms with Crippen LogP contribution in [0.15, 0.2) is 21.3 Å². The van der Waals surface area contributed by atoms with E-state index in [-0.39, 0.29) is 0 Å². The van der Waals surface area contributed by atoms with Crippen LogP contribution >= 0.6 is 11.3 Å². The van der Waals surface area contributed by atoms with Crippen LogP contribution in [0.5, 0.6) is 0 Å². The van der Waals surface area contributed by atoms with Crippen molar-refractivity contribution in [3.63, 3.8) is 0 Å². The summed E-state index contributed by atoms with van der Waals surface area (Å²) in [5.41, 5.74) is 0. The van der Waals surface area contributed by atoms with Crippen LogP contribution < -0.4 is 10.6 Å². The molecule has 0 amide bonds. The van der Waals surface area contributed by atoms with Crippen molar-refractivity contribution in [1.82, 2.24) is 14.9 Å². The lowest BCUT2D eigenvalue weighted by Crippen LogP contribution is -2.40. The molecule has 1 saturated carbocycles. The van der Waals surface area contributed by atoms with Crippen molar-refractivity contribution in [2.75, 3.05) is 39.9 Å². The normalized spacial score (nSPS) is 20.3. The Morgan fingerprint density at radius 2 is 2.08 bits per heavy atom. The molecule has 140 valence electrons. The zero-order valence-corrected chi connectivity index (χ0v) is 16.2. The largest absolute Gasteiger partial charge is 0.379 e. The van der Waals surface area contributed by atoms with E-state index in [1.165, 1.54) is 34.9 Å². The number of hydrogen-bond donors (Lipinski definition) is 2. The highest BCUT2D eigenvalue weighted by Crippen LogP contribution is 2.26. The van der Waals surface area contributed by atoms with Gasteiger partial charge >= 0.3 is 0 Å². The lowest BCUT2D eigenvalue weighted by molar-refractivity contribution is 0.0731. The minimum atomic E-state index is -3.40. The highest BCUT2D eigenvalue weighted by molar-refractivity contribution is 7.91. The molecule has 2 N–H and O–H groups in total. The predicted octanol–water partition coefficient (Wildman–Crippen LogP) is 1.23. The highest BCUT2D eigenvalue weighted by atomic mass is 32.2. The van der Waals surface area contributed by atoms with Crippen molar-refractivity contribution in [2.45, 2.75) is 30.0 Å². The molecule has 2 aliphatic rings. The lowest BCUT2D eigenvalue weighted by atomic mass is 9.85. The van der Waals surface area contributed by atoms with Gasteiger partial charge in [-0.25, -0.2) is 8.42 Å². The van der Waals surface area contributed by atoms with E-state index >= 15 is 0 Å². The van der Waals surface area contributed by atoms with E-state index in [0.29, 0.717) is 37.1 Å². The molecule has 0 spiro atoms. The third kappa shape index (κ3) is 4.72. The lowest BCUT2D eigenvalue weighted by Gasteiger charge is -2.26. The number of sulfonamides is 1. The summed E-state index contributed by atoms with van der Waals surface area (Å²) in [7, 11) is -1.66. The van der Waals surface area contributed by atoms with E-state index in [2.05, 4.69) is 15.6 Å². The molecule has 2 fully saturated rings. The molecule has 25 heavy (non-hydrogen) atoms. The second-order valence-electron chi connectivity index (χ2n) is 6.34. The first kappa shape index (κ1) is 18.6. The van der Waals surface area contributed by atoms with Crippen molar-refractivity contribution < 1.29 is 13.2 Å². The van der Waals surface area contributed by atoms with E-state index in [1.807, 2.05) is 6.07 Å². The van der Waals surface area contributed by atoms with Crippen molar-refractivity contribution in [3.8, 4) is 0 Å². The summed E-state index contributed by atoms with van der Waals surface area (Å²) >= 11 is 1.31. The van der Waals surface area contributed by atoms with Gasteiger partial charge in [0, 0.05) is 31.6 Å². The van der Waals surface area contributed by atoms with Gasteiger partial charge in [0.25, 0.3) is 10.0 Å². The summed E-state index contributed by atoms with van der Waals surface area (Å²) in [6.07, 6.45) is 3.91. The van der Waals surface area contributed by atoms with Gasteiger partial charge in [-0.05, 0) is 30.9 Å². The first-order valence-electron chi connectivity index (χ1n) is 8.70. The number of ether oxygens (including phenoxy) is 1. The summed E-state index contributed by atoms with van der Waals surface area (Å²) < 4.78 is 32.4. The van der Waals surface area contributed by atoms with Crippen LogP contribution in [0.25, 0.3) is 0 Å². The molecule has 1 aliphatic carbocycles. The van der Waals surface area contributed by atoms with E-state index in [9.17, 15) is 8.42 Å². The van der Waals surface area contributed by atoms with Crippen LogP contribution in [0, 0.1) is 5.92 Å². The topological polar surface area (TPSA) is 83.0 Å². The molecule has 7 nitrogen and oxygen atoms in total. The van der Waals surface area contributed by atoms with Gasteiger partial charge in [0.05, 0.1) is 19.8 Å². The van der Waals surface area contributed by atoms with Gasteiger partial charge in [0.2, 0.25) is 0 Å². The van der Waals surface area contributed by atoms with Crippen molar-refractivity contribution >= 4 is 27.3 Å². The van der Waals surface area contributed by atoms with Crippen LogP contribution in [0.2, 0.25) is 0 Å². The zero-order valence-electron chi connectivity index (χ0n) is 14.5. The Labute approximate surface area is 153 Å². The minimum Gasteiger partial charge on any atom is -0.379 e. The Balaban J connectivity index is 1.53. The average molecular weight is 387 g/mol. The van der Waals surface area contributed by atoms with Gasteiger partial charge in [0.15, 0.2) is 5.96 Å². The van der Waals surface area contributed by atoms with Crippen LogP contribution in [0.1, 0.15) is 24.1 Å². The van der Waals surface area contributed by atoms with Gasteiger partial charge < -0.3 is 15.4 Å². The zero-order chi connectivity index (χ0) is 17.7. The minimum absolute atomic E-state index is 0.392. The molecule has 1 aromatic heterocycles. The summed E-state index contributed by atoms with van der Waals surface area (Å²) in [5, 5.41) is 6.59. The third-order valence-corrected chi connectivity index (χ3v) is 8.09. The molecule has 2 heterocycles. The fourth-order valence-corrected chi connectivity index (χ4v) is 5.69. The number of rotatable bonds is 6. The second-order valence-corrected chi connectivity index (χ2v) is 9.67. The molecule has 1 aromatic rings. The van der Waals surface area contributed by atoms with E-state index in [4.69, 9.17) is 4.74 Å². The van der Waals surface area contributed by atoms with Crippen molar-refractivity contribution in [3.05, 3.63) is 17.0 Å². The highest BCUT2D eigenvalue weighted by Gasteiger charge is 2.27. The Morgan fingerprint density at radius 1 is 1.32 bits per heavy atom. The summed E-state index contributed by atoms with van der Waals surface area (Å²) in [6, 6.07) is 3.56. The first-order chi connectivity index (χ1) is 12.1. The number of thiophene rings is 1. The standard InChI is InChI=1S/C16H26N4O3S2/c1-17-16(18-11-13-3-2-4-13)19-12-14-5-6-15(24-14)25(21,22)20-7-9-23-10-8-20/h5-6,13H,2-4,7-12H2,1H3,(H2,17,18,19). The van der Waals surface area contributed by atoms with Crippen LogP contribution in [-0.4, -0.2) is 58.6 Å². The predicted molar refractivity (Wildman–Crippen MR) is 99.4 cm³/mol. The Kier molecular flexibility index (Phi) is 6.32. The molecule has 3 rings (SSSR count). The fraction of sp³-hybridized carbons (Fsp3) is 0.688. The first-order valence-corrected chi connectivity index (χ1v) is 11.0. The number of morpholine rings is 1. The van der Waals surface area contributed by atoms with Crippen LogP contribution in [0.4, 0.5) is 0 Å². The molecule has 0 aromatic carbocycles. The van der Waals surface area contributed by atoms with Crippen LogP contribution in [0.3, 0.4) is 0 Å². The number of nitrogens with zero attached hydrogens (tertiary/aromatic N) is 2. The van der Waals surface area contributed by atoms with E-state index in [0.717, 1.165) is 23.3 Å². The van der Waals surface area contributed by atoms with Gasteiger partial charge in [0.1, 0.15) is 4.21 Å². The molecule has 9 heteroatoms. The van der Waals surface area contributed by atoms with Gasteiger partial charge in [-0.2, -0.15) is 4.31 Å².